The molecule has 6 aromatic carbocycles. The fraction of sp³-hybridized carbons (Fsp3) is 0.419. The quantitative estimate of drug-likeness (QED) is 0.0628. The molecule has 0 saturated carbocycles. The molecule has 0 saturated heterocycles. The Bertz CT molecular complexity index is 2440. The van der Waals surface area contributed by atoms with Gasteiger partial charge in [0.25, 0.3) is 0 Å². The summed E-state index contributed by atoms with van der Waals surface area (Å²) in [4.78, 5) is 0. The van der Waals surface area contributed by atoms with Crippen LogP contribution in [-0.2, 0) is 16.2 Å². The monoisotopic (exact) mass is 849 g/mol. The smallest absolute Gasteiger partial charge is 0.0387 e. The first-order chi connectivity index (χ1) is 31.3. The SMILES string of the molecule is CCCCCCC1(CCCCC)c2ccccc2-c2ccc(Nc3ccc(C(C)(C)c4ccc(Nc5ccc6c(c5)C(CCCCC)(CCCCC)c5ccccc5-6)cc4)cc3)cc21. The first-order valence-electron chi connectivity index (χ1n) is 25.5. The minimum absolute atomic E-state index is 0.0901. The van der Waals surface area contributed by atoms with Gasteiger partial charge in [0, 0.05) is 39.0 Å². The Hall–Kier alpha value is -5.08. The first-order valence-corrected chi connectivity index (χ1v) is 25.5. The van der Waals surface area contributed by atoms with Gasteiger partial charge in [-0.25, -0.2) is 0 Å². The van der Waals surface area contributed by atoms with Crippen LogP contribution in [0.25, 0.3) is 22.3 Å². The third-order valence-corrected chi connectivity index (χ3v) is 15.4. The largest absolute Gasteiger partial charge is 0.356 e. The van der Waals surface area contributed by atoms with Gasteiger partial charge < -0.3 is 10.6 Å². The molecular weight excluding hydrogens is 773 g/mol. The Morgan fingerprint density at radius 3 is 1.06 bits per heavy atom. The summed E-state index contributed by atoms with van der Waals surface area (Å²) in [6.07, 6.45) is 21.5. The highest BCUT2D eigenvalue weighted by atomic mass is 14.9. The minimum atomic E-state index is -0.151. The molecule has 2 N–H and O–H groups in total. The number of nitrogens with one attached hydrogen (secondary N) is 2. The van der Waals surface area contributed by atoms with E-state index in [1.807, 2.05) is 0 Å². The molecular formula is C62H76N2. The maximum atomic E-state index is 3.83. The van der Waals surface area contributed by atoms with E-state index >= 15 is 0 Å². The summed E-state index contributed by atoms with van der Waals surface area (Å²) < 4.78 is 0. The lowest BCUT2D eigenvalue weighted by molar-refractivity contribution is 0.403. The third kappa shape index (κ3) is 9.09. The zero-order valence-corrected chi connectivity index (χ0v) is 40.2. The fourth-order valence-corrected chi connectivity index (χ4v) is 11.7. The lowest BCUT2D eigenvalue weighted by Gasteiger charge is -2.33. The summed E-state index contributed by atoms with van der Waals surface area (Å²) >= 11 is 0. The molecule has 6 aromatic rings. The maximum Gasteiger partial charge on any atom is 0.0387 e. The van der Waals surface area contributed by atoms with E-state index < -0.39 is 0 Å². The van der Waals surface area contributed by atoms with E-state index in [1.54, 1.807) is 11.1 Å². The summed E-state index contributed by atoms with van der Waals surface area (Å²) in [5, 5.41) is 7.66. The Balaban J connectivity index is 0.986. The van der Waals surface area contributed by atoms with Gasteiger partial charge in [-0.15, -0.1) is 0 Å². The second-order valence-electron chi connectivity index (χ2n) is 20.0. The van der Waals surface area contributed by atoms with Crippen LogP contribution in [0, 0.1) is 0 Å². The number of rotatable bonds is 23. The van der Waals surface area contributed by atoms with Gasteiger partial charge in [0.2, 0.25) is 0 Å². The van der Waals surface area contributed by atoms with E-state index in [0.29, 0.717) is 0 Å². The van der Waals surface area contributed by atoms with Crippen LogP contribution in [0.4, 0.5) is 22.7 Å². The molecule has 1 atom stereocenters. The van der Waals surface area contributed by atoms with Gasteiger partial charge in [0.15, 0.2) is 0 Å². The Labute approximate surface area is 387 Å². The van der Waals surface area contributed by atoms with Gasteiger partial charge in [-0.3, -0.25) is 0 Å². The molecule has 0 spiro atoms. The lowest BCUT2D eigenvalue weighted by atomic mass is 9.70. The van der Waals surface area contributed by atoms with Crippen molar-refractivity contribution in [3.05, 3.63) is 167 Å². The second-order valence-corrected chi connectivity index (χ2v) is 20.0. The van der Waals surface area contributed by atoms with E-state index in [2.05, 4.69) is 186 Å². The van der Waals surface area contributed by atoms with Crippen molar-refractivity contribution in [2.24, 2.45) is 0 Å². The Morgan fingerprint density at radius 2 is 0.672 bits per heavy atom. The Morgan fingerprint density at radius 1 is 0.344 bits per heavy atom. The van der Waals surface area contributed by atoms with E-state index in [0.717, 1.165) is 11.4 Å². The average Bonchev–Trinajstić information content (AvgIpc) is 3.74. The molecule has 334 valence electrons. The predicted octanol–water partition coefficient (Wildman–Crippen LogP) is 18.7. The van der Waals surface area contributed by atoms with Crippen molar-refractivity contribution < 1.29 is 0 Å². The molecule has 64 heavy (non-hydrogen) atoms. The highest BCUT2D eigenvalue weighted by Crippen LogP contribution is 2.56. The second kappa shape index (κ2) is 20.4. The summed E-state index contributed by atoms with van der Waals surface area (Å²) in [7, 11) is 0. The van der Waals surface area contributed by atoms with Crippen LogP contribution < -0.4 is 10.6 Å². The van der Waals surface area contributed by atoms with Crippen molar-refractivity contribution in [1.29, 1.82) is 0 Å². The topological polar surface area (TPSA) is 24.1 Å². The first kappa shape index (κ1) is 45.5. The molecule has 2 aliphatic carbocycles. The molecule has 0 radical (unpaired) electrons. The van der Waals surface area contributed by atoms with Gasteiger partial charge >= 0.3 is 0 Å². The maximum absolute atomic E-state index is 3.83. The summed E-state index contributed by atoms with van der Waals surface area (Å²) in [6, 6.07) is 51.2. The van der Waals surface area contributed by atoms with Gasteiger partial charge in [-0.05, 0) is 130 Å². The Kier molecular flexibility index (Phi) is 14.5. The van der Waals surface area contributed by atoms with Crippen LogP contribution in [-0.4, -0.2) is 0 Å². The van der Waals surface area contributed by atoms with Gasteiger partial charge in [0.1, 0.15) is 0 Å². The van der Waals surface area contributed by atoms with Gasteiger partial charge in [-0.1, -0.05) is 210 Å². The van der Waals surface area contributed by atoms with E-state index in [1.165, 1.54) is 165 Å². The van der Waals surface area contributed by atoms with Crippen LogP contribution in [0.2, 0.25) is 0 Å². The molecule has 1 unspecified atom stereocenters. The summed E-state index contributed by atoms with van der Waals surface area (Å²) in [6.45, 7) is 14.0. The van der Waals surface area contributed by atoms with Gasteiger partial charge in [0.05, 0.1) is 0 Å². The molecule has 2 heteroatoms. The van der Waals surface area contributed by atoms with Crippen LogP contribution in [0.5, 0.6) is 0 Å². The summed E-state index contributed by atoms with van der Waals surface area (Å²) in [5.74, 6) is 0. The number of benzene rings is 6. The van der Waals surface area contributed by atoms with Crippen molar-refractivity contribution >= 4 is 22.7 Å². The predicted molar refractivity (Wildman–Crippen MR) is 278 cm³/mol. The van der Waals surface area contributed by atoms with Crippen LogP contribution >= 0.6 is 0 Å². The third-order valence-electron chi connectivity index (χ3n) is 15.4. The number of hydrogen-bond donors (Lipinski definition) is 2. The normalized spacial score (nSPS) is 15.7. The van der Waals surface area contributed by atoms with Crippen molar-refractivity contribution in [2.45, 2.75) is 167 Å². The van der Waals surface area contributed by atoms with Gasteiger partial charge in [-0.2, -0.15) is 0 Å². The zero-order valence-electron chi connectivity index (χ0n) is 40.2. The van der Waals surface area contributed by atoms with Crippen molar-refractivity contribution in [3.63, 3.8) is 0 Å². The molecule has 2 nitrogen and oxygen atoms in total. The van der Waals surface area contributed by atoms with E-state index in [4.69, 9.17) is 0 Å². The molecule has 0 bridgehead atoms. The lowest BCUT2D eigenvalue weighted by Crippen LogP contribution is -2.25. The van der Waals surface area contributed by atoms with Crippen LogP contribution in [0.1, 0.15) is 184 Å². The van der Waals surface area contributed by atoms with Crippen LogP contribution in [0.15, 0.2) is 133 Å². The van der Waals surface area contributed by atoms with Crippen LogP contribution in [0.3, 0.4) is 0 Å². The molecule has 0 amide bonds. The fourth-order valence-electron chi connectivity index (χ4n) is 11.7. The highest BCUT2D eigenvalue weighted by Gasteiger charge is 2.43. The molecule has 0 fully saturated rings. The summed E-state index contributed by atoms with van der Waals surface area (Å²) in [5.41, 5.74) is 19.2. The zero-order chi connectivity index (χ0) is 44.6. The van der Waals surface area contributed by atoms with E-state index in [9.17, 15) is 0 Å². The molecule has 2 aliphatic rings. The average molecular weight is 849 g/mol. The molecule has 8 rings (SSSR count). The number of fused-ring (bicyclic) bond motifs is 6. The van der Waals surface area contributed by atoms with Crippen molar-refractivity contribution in [1.82, 2.24) is 0 Å². The van der Waals surface area contributed by atoms with Crippen molar-refractivity contribution in [3.8, 4) is 22.3 Å². The minimum Gasteiger partial charge on any atom is -0.356 e. The number of anilines is 4. The number of unbranched alkanes of at least 4 members (excludes halogenated alkanes) is 9. The highest BCUT2D eigenvalue weighted by molar-refractivity contribution is 5.85. The molecule has 0 heterocycles. The standard InChI is InChI=1S/C62H76N2/c1-7-11-15-23-43-62(42-22-14-10-4)57-27-19-17-25-53(57)55-39-37-51(45-59(55)62)64-49-34-30-47(31-35-49)60(5,6)46-28-32-48(33-29-46)63-50-36-38-54-52-24-16-18-26-56(52)61(58(54)44-50,40-20-12-8-2)41-21-13-9-3/h16-19,24-39,44-45,63-64H,7-15,20-23,40-43H2,1-6H3. The molecule has 0 aliphatic heterocycles. The molecule has 0 aromatic heterocycles. The number of hydrogen-bond acceptors (Lipinski definition) is 2. The van der Waals surface area contributed by atoms with E-state index in [-0.39, 0.29) is 16.2 Å². The van der Waals surface area contributed by atoms with Crippen molar-refractivity contribution in [2.75, 3.05) is 10.6 Å².